The zero-order valence-corrected chi connectivity index (χ0v) is 14.8. The molecule has 1 aliphatic heterocycles. The molecule has 4 rings (SSSR count). The largest absolute Gasteiger partial charge is 0.369 e. The van der Waals surface area contributed by atoms with Gasteiger partial charge in [-0.2, -0.15) is 4.39 Å². The Hall–Kier alpha value is -3.09. The van der Waals surface area contributed by atoms with Gasteiger partial charge in [0, 0.05) is 35.8 Å². The van der Waals surface area contributed by atoms with Gasteiger partial charge in [-0.15, -0.1) is 0 Å². The van der Waals surface area contributed by atoms with Gasteiger partial charge < -0.3 is 10.6 Å². The van der Waals surface area contributed by atoms with E-state index in [1.165, 1.54) is 18.5 Å². The quantitative estimate of drug-likeness (QED) is 0.666. The van der Waals surface area contributed by atoms with Crippen LogP contribution in [0.2, 0.25) is 0 Å². The first kappa shape index (κ1) is 17.3. The highest BCUT2D eigenvalue weighted by atomic mass is 19.1. The summed E-state index contributed by atoms with van der Waals surface area (Å²) in [5.74, 6) is 0.607. The van der Waals surface area contributed by atoms with E-state index in [9.17, 15) is 8.78 Å². The number of pyridine rings is 1. The lowest BCUT2D eigenvalue weighted by Crippen LogP contribution is -2.11. The molecular weight excluding hydrogens is 348 g/mol. The average Bonchev–Trinajstić information content (AvgIpc) is 3.07. The normalized spacial score (nSPS) is 16.5. The van der Waals surface area contributed by atoms with Crippen LogP contribution in [0, 0.1) is 11.8 Å². The number of hydrogen-bond donors (Lipinski definition) is 2. The second-order valence-corrected chi connectivity index (χ2v) is 6.67. The number of benzene rings is 1. The fourth-order valence-corrected chi connectivity index (χ4v) is 3.32. The van der Waals surface area contributed by atoms with Crippen LogP contribution in [0.5, 0.6) is 0 Å². The molecule has 0 saturated carbocycles. The summed E-state index contributed by atoms with van der Waals surface area (Å²) in [6.07, 6.45) is 3.80. The van der Waals surface area contributed by atoms with Gasteiger partial charge in [0.25, 0.3) is 0 Å². The molecule has 2 atom stereocenters. The van der Waals surface area contributed by atoms with Crippen molar-refractivity contribution in [3.05, 3.63) is 77.4 Å². The summed E-state index contributed by atoms with van der Waals surface area (Å²) < 4.78 is 27.6. The van der Waals surface area contributed by atoms with Crippen LogP contribution >= 0.6 is 0 Å². The summed E-state index contributed by atoms with van der Waals surface area (Å²) in [6.45, 7) is 2.62. The molecule has 27 heavy (non-hydrogen) atoms. The second-order valence-electron chi connectivity index (χ2n) is 6.67. The zero-order chi connectivity index (χ0) is 18.8. The highest BCUT2D eigenvalue weighted by Gasteiger charge is 2.25. The molecule has 0 amide bonds. The van der Waals surface area contributed by atoms with Crippen molar-refractivity contribution in [1.82, 2.24) is 15.0 Å². The Kier molecular flexibility index (Phi) is 4.66. The maximum Gasteiger partial charge on any atom is 0.218 e. The van der Waals surface area contributed by atoms with E-state index in [4.69, 9.17) is 0 Å². The van der Waals surface area contributed by atoms with Crippen LogP contribution in [0.25, 0.3) is 0 Å². The van der Waals surface area contributed by atoms with Gasteiger partial charge in [-0.25, -0.2) is 19.3 Å². The number of fused-ring (bicyclic) bond motifs is 1. The fourth-order valence-electron chi connectivity index (χ4n) is 3.32. The van der Waals surface area contributed by atoms with Crippen LogP contribution in [0.3, 0.4) is 0 Å². The van der Waals surface area contributed by atoms with Crippen LogP contribution in [0.4, 0.5) is 20.4 Å². The van der Waals surface area contributed by atoms with Gasteiger partial charge in [0.2, 0.25) is 5.95 Å². The van der Waals surface area contributed by atoms with Crippen molar-refractivity contribution in [1.29, 1.82) is 0 Å². The summed E-state index contributed by atoms with van der Waals surface area (Å²) in [7, 11) is 0. The van der Waals surface area contributed by atoms with Crippen LogP contribution in [0.15, 0.2) is 48.9 Å². The van der Waals surface area contributed by atoms with Crippen molar-refractivity contribution in [2.45, 2.75) is 25.3 Å². The Morgan fingerprint density at radius 3 is 2.78 bits per heavy atom. The molecule has 0 bridgehead atoms. The minimum absolute atomic E-state index is 0.119. The molecule has 1 aromatic carbocycles. The van der Waals surface area contributed by atoms with Gasteiger partial charge in [0.05, 0.1) is 0 Å². The van der Waals surface area contributed by atoms with Crippen molar-refractivity contribution in [2.24, 2.45) is 0 Å². The maximum absolute atomic E-state index is 14.5. The standard InChI is InChI=1S/C20H19F2N5/c1-12(13-2-5-16(21)6-3-13)26-18-7-4-14(19(22)27-18)8-15-9-24-20-17(15)10-23-11-25-20/h2-7,10-12,15H,8-9H2,1H3,(H,26,27)(H,23,24,25)/t12-,15?/m0/s1. The molecule has 3 heterocycles. The zero-order valence-electron chi connectivity index (χ0n) is 14.8. The maximum atomic E-state index is 14.5. The fraction of sp³-hybridized carbons (Fsp3) is 0.250. The van der Waals surface area contributed by atoms with Crippen LogP contribution in [0.1, 0.15) is 35.6 Å². The number of halogens is 2. The summed E-state index contributed by atoms with van der Waals surface area (Å²) in [6, 6.07) is 9.61. The lowest BCUT2D eigenvalue weighted by atomic mass is 9.96. The van der Waals surface area contributed by atoms with Crippen molar-refractivity contribution in [2.75, 3.05) is 17.2 Å². The predicted octanol–water partition coefficient (Wildman–Crippen LogP) is 4.07. The molecule has 1 unspecified atom stereocenters. The first-order valence-electron chi connectivity index (χ1n) is 8.81. The molecule has 138 valence electrons. The number of nitrogens with one attached hydrogen (secondary N) is 2. The number of hydrogen-bond acceptors (Lipinski definition) is 5. The van der Waals surface area contributed by atoms with E-state index in [0.29, 0.717) is 24.3 Å². The summed E-state index contributed by atoms with van der Waals surface area (Å²) >= 11 is 0. The monoisotopic (exact) mass is 367 g/mol. The van der Waals surface area contributed by atoms with Crippen molar-refractivity contribution >= 4 is 11.6 Å². The van der Waals surface area contributed by atoms with Crippen LogP contribution in [-0.4, -0.2) is 21.5 Å². The molecule has 0 spiro atoms. The summed E-state index contributed by atoms with van der Waals surface area (Å²) in [4.78, 5) is 12.3. The summed E-state index contributed by atoms with van der Waals surface area (Å²) in [5, 5.41) is 6.37. The van der Waals surface area contributed by atoms with E-state index in [1.54, 1.807) is 30.5 Å². The lowest BCUT2D eigenvalue weighted by molar-refractivity contribution is 0.558. The van der Waals surface area contributed by atoms with Gasteiger partial charge in [-0.3, -0.25) is 0 Å². The molecule has 7 heteroatoms. The van der Waals surface area contributed by atoms with Gasteiger partial charge in [-0.1, -0.05) is 18.2 Å². The first-order valence-corrected chi connectivity index (χ1v) is 8.81. The predicted molar refractivity (Wildman–Crippen MR) is 99.6 cm³/mol. The van der Waals surface area contributed by atoms with E-state index in [1.807, 2.05) is 6.92 Å². The van der Waals surface area contributed by atoms with Crippen molar-refractivity contribution < 1.29 is 8.78 Å². The minimum atomic E-state index is -0.489. The molecule has 1 aliphatic rings. The highest BCUT2D eigenvalue weighted by Crippen LogP contribution is 2.32. The average molecular weight is 367 g/mol. The third kappa shape index (κ3) is 3.72. The second kappa shape index (κ2) is 7.26. The van der Waals surface area contributed by atoms with Gasteiger partial charge in [0.1, 0.15) is 23.8 Å². The van der Waals surface area contributed by atoms with Gasteiger partial charge in [0.15, 0.2) is 0 Å². The number of rotatable bonds is 5. The number of aromatic nitrogens is 3. The Bertz CT molecular complexity index is 945. The Labute approximate surface area is 155 Å². The Morgan fingerprint density at radius 1 is 1.19 bits per heavy atom. The molecule has 0 saturated heterocycles. The molecule has 2 N–H and O–H groups in total. The van der Waals surface area contributed by atoms with Gasteiger partial charge >= 0.3 is 0 Å². The van der Waals surface area contributed by atoms with E-state index in [-0.39, 0.29) is 17.8 Å². The number of anilines is 2. The molecule has 0 aliphatic carbocycles. The van der Waals surface area contributed by atoms with E-state index >= 15 is 0 Å². The third-order valence-corrected chi connectivity index (χ3v) is 4.82. The first-order chi connectivity index (χ1) is 13.1. The summed E-state index contributed by atoms with van der Waals surface area (Å²) in [5.41, 5.74) is 2.46. The molecule has 3 aromatic rings. The smallest absolute Gasteiger partial charge is 0.218 e. The Balaban J connectivity index is 1.46. The van der Waals surface area contributed by atoms with E-state index in [0.717, 1.165) is 16.9 Å². The topological polar surface area (TPSA) is 62.7 Å². The Morgan fingerprint density at radius 2 is 2.00 bits per heavy atom. The lowest BCUT2D eigenvalue weighted by Gasteiger charge is -2.16. The molecule has 0 fully saturated rings. The van der Waals surface area contributed by atoms with Crippen molar-refractivity contribution in [3.8, 4) is 0 Å². The minimum Gasteiger partial charge on any atom is -0.369 e. The van der Waals surface area contributed by atoms with Crippen molar-refractivity contribution in [3.63, 3.8) is 0 Å². The third-order valence-electron chi connectivity index (χ3n) is 4.82. The molecule has 2 aromatic heterocycles. The molecule has 5 nitrogen and oxygen atoms in total. The van der Waals surface area contributed by atoms with Gasteiger partial charge in [-0.05, 0) is 37.1 Å². The van der Waals surface area contributed by atoms with E-state index < -0.39 is 5.95 Å². The molecule has 0 radical (unpaired) electrons. The highest BCUT2D eigenvalue weighted by molar-refractivity contribution is 5.51. The number of nitrogens with zero attached hydrogens (tertiary/aromatic N) is 3. The van der Waals surface area contributed by atoms with E-state index in [2.05, 4.69) is 25.6 Å². The van der Waals surface area contributed by atoms with Crippen LogP contribution < -0.4 is 10.6 Å². The SMILES string of the molecule is C[C@H](Nc1ccc(CC2CNc3ncncc32)c(F)n1)c1ccc(F)cc1. The molecular formula is C20H19F2N5. The van der Waals surface area contributed by atoms with Crippen LogP contribution in [-0.2, 0) is 6.42 Å².